The Balaban J connectivity index is 2.60. The van der Waals surface area contributed by atoms with Crippen molar-refractivity contribution in [2.45, 2.75) is 57.1 Å². The van der Waals surface area contributed by atoms with Crippen LogP contribution in [0.5, 0.6) is 0 Å². The molecule has 4 nitrogen and oxygen atoms in total. The molecule has 1 aromatic rings. The molecule has 0 fully saturated rings. The average Bonchev–Trinajstić information content (AvgIpc) is 2.42. The van der Waals surface area contributed by atoms with Crippen LogP contribution in [0.1, 0.15) is 52.1 Å². The van der Waals surface area contributed by atoms with Crippen molar-refractivity contribution in [1.29, 1.82) is 0 Å². The van der Waals surface area contributed by atoms with Gasteiger partial charge in [0.25, 0.3) is 0 Å². The second kappa shape index (κ2) is 7.57. The molecule has 0 amide bonds. The minimum atomic E-state index is -3.16. The third kappa shape index (κ3) is 6.46. The van der Waals surface area contributed by atoms with Gasteiger partial charge in [0.15, 0.2) is 9.84 Å². The summed E-state index contributed by atoms with van der Waals surface area (Å²) in [6, 6.07) is 6.94. The molecule has 2 N–H and O–H groups in total. The molecule has 0 aliphatic heterocycles. The summed E-state index contributed by atoms with van der Waals surface area (Å²) in [6.07, 6.45) is 2.96. The molecule has 22 heavy (non-hydrogen) atoms. The molecule has 5 heteroatoms. The van der Waals surface area contributed by atoms with Crippen LogP contribution in [0.4, 0.5) is 0 Å². The van der Waals surface area contributed by atoms with Gasteiger partial charge in [-0.1, -0.05) is 26.0 Å². The van der Waals surface area contributed by atoms with Gasteiger partial charge in [0.1, 0.15) is 0 Å². The van der Waals surface area contributed by atoms with Gasteiger partial charge in [-0.2, -0.15) is 0 Å². The highest BCUT2D eigenvalue weighted by Gasteiger charge is 2.21. The zero-order valence-electron chi connectivity index (χ0n) is 14.3. The number of sulfone groups is 1. The maximum absolute atomic E-state index is 11.4. The second-order valence-electron chi connectivity index (χ2n) is 6.87. The molecular formula is C17H29NO3S. The lowest BCUT2D eigenvalue weighted by molar-refractivity contribution is 0.0430. The Morgan fingerprint density at radius 3 is 2.18 bits per heavy atom. The lowest BCUT2D eigenvalue weighted by atomic mass is 9.95. The van der Waals surface area contributed by atoms with Crippen molar-refractivity contribution in [3.8, 4) is 0 Å². The summed E-state index contributed by atoms with van der Waals surface area (Å²) in [5.74, 6) is 0.576. The minimum Gasteiger partial charge on any atom is -0.389 e. The van der Waals surface area contributed by atoms with Gasteiger partial charge in [-0.05, 0) is 50.3 Å². The quantitative estimate of drug-likeness (QED) is 0.770. The van der Waals surface area contributed by atoms with Crippen LogP contribution >= 0.6 is 0 Å². The molecule has 0 bridgehead atoms. The van der Waals surface area contributed by atoms with Crippen molar-refractivity contribution in [3.63, 3.8) is 0 Å². The van der Waals surface area contributed by atoms with Crippen molar-refractivity contribution in [2.24, 2.45) is 5.92 Å². The highest BCUT2D eigenvalue weighted by Crippen LogP contribution is 2.19. The molecule has 2 unspecified atom stereocenters. The van der Waals surface area contributed by atoms with Gasteiger partial charge in [-0.25, -0.2) is 8.42 Å². The smallest absolute Gasteiger partial charge is 0.175 e. The first-order chi connectivity index (χ1) is 10.0. The monoisotopic (exact) mass is 327 g/mol. The fraction of sp³-hybridized carbons (Fsp3) is 0.647. The van der Waals surface area contributed by atoms with E-state index in [1.165, 1.54) is 6.26 Å². The third-order valence-electron chi connectivity index (χ3n) is 3.86. The Bertz CT molecular complexity index is 562. The highest BCUT2D eigenvalue weighted by molar-refractivity contribution is 7.90. The summed E-state index contributed by atoms with van der Waals surface area (Å²) in [7, 11) is -3.16. The van der Waals surface area contributed by atoms with Gasteiger partial charge < -0.3 is 10.4 Å². The first-order valence-electron chi connectivity index (χ1n) is 7.77. The first-order valence-corrected chi connectivity index (χ1v) is 9.66. The maximum atomic E-state index is 11.4. The molecular weight excluding hydrogens is 298 g/mol. The molecule has 0 spiro atoms. The number of rotatable bonds is 8. The Hall–Kier alpha value is -0.910. The molecule has 0 heterocycles. The summed E-state index contributed by atoms with van der Waals surface area (Å²) >= 11 is 0. The summed E-state index contributed by atoms with van der Waals surface area (Å²) in [4.78, 5) is 0.326. The Morgan fingerprint density at radius 1 is 1.18 bits per heavy atom. The van der Waals surface area contributed by atoms with Crippen molar-refractivity contribution < 1.29 is 13.5 Å². The van der Waals surface area contributed by atoms with Crippen molar-refractivity contribution >= 4 is 9.84 Å². The molecule has 0 radical (unpaired) electrons. The first kappa shape index (κ1) is 19.1. The van der Waals surface area contributed by atoms with Crippen LogP contribution in [0, 0.1) is 5.92 Å². The Labute approximate surface area is 134 Å². The van der Waals surface area contributed by atoms with Crippen molar-refractivity contribution in [1.82, 2.24) is 5.32 Å². The number of nitrogens with one attached hydrogen (secondary N) is 1. The lowest BCUT2D eigenvalue weighted by Gasteiger charge is -2.27. The Kier molecular flexibility index (Phi) is 6.59. The van der Waals surface area contributed by atoms with Crippen molar-refractivity contribution in [3.05, 3.63) is 29.8 Å². The SMILES string of the molecule is CC(C)CCC(C)(O)CNC(C)c1ccc(S(C)(=O)=O)cc1. The molecule has 0 aromatic heterocycles. The van der Waals surface area contributed by atoms with E-state index in [4.69, 9.17) is 0 Å². The van der Waals surface area contributed by atoms with E-state index in [2.05, 4.69) is 19.2 Å². The fourth-order valence-electron chi connectivity index (χ4n) is 2.18. The van der Waals surface area contributed by atoms with E-state index in [0.717, 1.165) is 18.4 Å². The van der Waals surface area contributed by atoms with Crippen LogP contribution in [0.25, 0.3) is 0 Å². The second-order valence-corrected chi connectivity index (χ2v) is 8.89. The van der Waals surface area contributed by atoms with Crippen LogP contribution in [-0.2, 0) is 9.84 Å². The van der Waals surface area contributed by atoms with Gasteiger partial charge in [0.05, 0.1) is 10.5 Å². The molecule has 1 rings (SSSR count). The maximum Gasteiger partial charge on any atom is 0.175 e. The van der Waals surface area contributed by atoms with Gasteiger partial charge in [0, 0.05) is 18.8 Å². The van der Waals surface area contributed by atoms with Crippen LogP contribution in [0.2, 0.25) is 0 Å². The summed E-state index contributed by atoms with van der Waals surface area (Å²) in [6.45, 7) is 8.66. The highest BCUT2D eigenvalue weighted by atomic mass is 32.2. The van der Waals surface area contributed by atoms with E-state index >= 15 is 0 Å². The number of hydrogen-bond donors (Lipinski definition) is 2. The predicted molar refractivity (Wildman–Crippen MR) is 90.7 cm³/mol. The molecule has 0 saturated carbocycles. The third-order valence-corrected chi connectivity index (χ3v) is 4.99. The largest absolute Gasteiger partial charge is 0.389 e. The van der Waals surface area contributed by atoms with E-state index < -0.39 is 15.4 Å². The minimum absolute atomic E-state index is 0.0548. The van der Waals surface area contributed by atoms with E-state index in [-0.39, 0.29) is 6.04 Å². The van der Waals surface area contributed by atoms with Gasteiger partial charge in [0.2, 0.25) is 0 Å². The van der Waals surface area contributed by atoms with E-state index in [9.17, 15) is 13.5 Å². The number of hydrogen-bond acceptors (Lipinski definition) is 4. The topological polar surface area (TPSA) is 66.4 Å². The van der Waals surface area contributed by atoms with E-state index in [1.807, 2.05) is 26.0 Å². The molecule has 0 saturated heterocycles. The van der Waals surface area contributed by atoms with Gasteiger partial charge in [-0.3, -0.25) is 0 Å². The number of aliphatic hydroxyl groups is 1. The fourth-order valence-corrected chi connectivity index (χ4v) is 2.81. The average molecular weight is 327 g/mol. The standard InChI is InChI=1S/C17H29NO3S/c1-13(2)10-11-17(4,19)12-18-14(3)15-6-8-16(9-7-15)22(5,20)21/h6-9,13-14,18-19H,10-12H2,1-5H3. The van der Waals surface area contributed by atoms with Crippen LogP contribution < -0.4 is 5.32 Å². The molecule has 2 atom stereocenters. The summed E-state index contributed by atoms with van der Waals surface area (Å²) < 4.78 is 22.9. The van der Waals surface area contributed by atoms with Gasteiger partial charge in [-0.15, -0.1) is 0 Å². The van der Waals surface area contributed by atoms with Gasteiger partial charge >= 0.3 is 0 Å². The van der Waals surface area contributed by atoms with E-state index in [0.29, 0.717) is 17.4 Å². The molecule has 126 valence electrons. The molecule has 0 aliphatic carbocycles. The summed E-state index contributed by atoms with van der Waals surface area (Å²) in [5.41, 5.74) is 0.276. The molecule has 0 aliphatic rings. The van der Waals surface area contributed by atoms with Crippen LogP contribution in [0.15, 0.2) is 29.2 Å². The zero-order valence-corrected chi connectivity index (χ0v) is 15.1. The van der Waals surface area contributed by atoms with Crippen molar-refractivity contribution in [2.75, 3.05) is 12.8 Å². The number of benzene rings is 1. The zero-order chi connectivity index (χ0) is 17.0. The van der Waals surface area contributed by atoms with E-state index in [1.54, 1.807) is 12.1 Å². The summed E-state index contributed by atoms with van der Waals surface area (Å²) in [5, 5.41) is 13.7. The predicted octanol–water partition coefficient (Wildman–Crippen LogP) is 2.93. The normalized spacial score (nSPS) is 16.5. The lowest BCUT2D eigenvalue weighted by Crippen LogP contribution is -2.39. The van der Waals surface area contributed by atoms with Crippen LogP contribution in [-0.4, -0.2) is 31.9 Å². The Morgan fingerprint density at radius 2 is 1.73 bits per heavy atom. The van der Waals surface area contributed by atoms with Crippen LogP contribution in [0.3, 0.4) is 0 Å². The molecule has 1 aromatic carbocycles.